The van der Waals surface area contributed by atoms with Crippen LogP contribution in [0.1, 0.15) is 11.1 Å². The minimum Gasteiger partial charge on any atom is -0.272 e. The van der Waals surface area contributed by atoms with E-state index in [9.17, 15) is 18.5 Å². The molecule has 0 fully saturated rings. The van der Waals surface area contributed by atoms with Crippen molar-refractivity contribution in [2.24, 2.45) is 0 Å². The van der Waals surface area contributed by atoms with E-state index in [1.165, 1.54) is 18.2 Å². The van der Waals surface area contributed by atoms with Gasteiger partial charge in [0.05, 0.1) is 8.71 Å². The molecule has 21 heavy (non-hydrogen) atoms. The third-order valence-electron chi connectivity index (χ3n) is 2.87. The number of sulfonamides is 1. The second-order valence-electron chi connectivity index (χ2n) is 4.37. The lowest BCUT2D eigenvalue weighted by atomic mass is 10.1. The fourth-order valence-electron chi connectivity index (χ4n) is 1.67. The van der Waals surface area contributed by atoms with E-state index in [1.807, 2.05) is 0 Å². The van der Waals surface area contributed by atoms with Crippen LogP contribution in [-0.2, 0) is 10.0 Å². The first kappa shape index (κ1) is 15.9. The Morgan fingerprint density at radius 2 is 1.86 bits per heavy atom. The van der Waals surface area contributed by atoms with Gasteiger partial charge in [0.25, 0.3) is 15.7 Å². The van der Waals surface area contributed by atoms with E-state index in [-0.39, 0.29) is 15.6 Å². The van der Waals surface area contributed by atoms with Gasteiger partial charge in [0.1, 0.15) is 9.90 Å². The van der Waals surface area contributed by atoms with Crippen LogP contribution in [0.5, 0.6) is 0 Å². The van der Waals surface area contributed by atoms with Crippen LogP contribution in [0.25, 0.3) is 0 Å². The minimum absolute atomic E-state index is 0.0346. The predicted molar refractivity (Wildman–Crippen MR) is 85.4 cm³/mol. The maximum absolute atomic E-state index is 12.2. The summed E-state index contributed by atoms with van der Waals surface area (Å²) in [4.78, 5) is 10.5. The molecule has 1 heterocycles. The lowest BCUT2D eigenvalue weighted by molar-refractivity contribution is -0.383. The molecule has 0 spiro atoms. The van der Waals surface area contributed by atoms with Crippen molar-refractivity contribution >= 4 is 48.7 Å². The number of aryl methyl sites for hydroxylation is 2. The zero-order valence-corrected chi connectivity index (χ0v) is 14.3. The van der Waals surface area contributed by atoms with Crippen LogP contribution in [-0.4, -0.2) is 13.3 Å². The molecule has 0 aliphatic carbocycles. The molecule has 0 radical (unpaired) electrons. The molecule has 2 rings (SSSR count). The Bertz CT molecular complexity index is 815. The highest BCUT2D eigenvalue weighted by atomic mass is 79.9. The number of halogens is 1. The normalized spacial score (nSPS) is 11.4. The van der Waals surface area contributed by atoms with Crippen LogP contribution in [0.2, 0.25) is 0 Å². The van der Waals surface area contributed by atoms with Gasteiger partial charge in [0.15, 0.2) is 0 Å². The lowest BCUT2D eigenvalue weighted by Crippen LogP contribution is -2.13. The number of benzene rings is 1. The lowest BCUT2D eigenvalue weighted by Gasteiger charge is -2.09. The van der Waals surface area contributed by atoms with Gasteiger partial charge in [-0.2, -0.15) is 0 Å². The largest absolute Gasteiger partial charge is 0.293 e. The summed E-state index contributed by atoms with van der Waals surface area (Å²) < 4.78 is 27.5. The number of rotatable bonds is 4. The van der Waals surface area contributed by atoms with Gasteiger partial charge in [-0.15, -0.1) is 11.3 Å². The van der Waals surface area contributed by atoms with Crippen molar-refractivity contribution in [3.63, 3.8) is 0 Å². The zero-order valence-electron chi connectivity index (χ0n) is 11.1. The highest BCUT2D eigenvalue weighted by Gasteiger charge is 2.23. The highest BCUT2D eigenvalue weighted by Crippen LogP contribution is 2.32. The standard InChI is InChI=1S/C12H11BrN2O4S2/c1-7-5-9(10(15(16)17)6-8(7)2)14-21(18,19)12-4-3-11(13)20-12/h3-6,14H,1-2H3. The smallest absolute Gasteiger partial charge is 0.272 e. The first-order valence-corrected chi connectivity index (χ1v) is 8.84. The second kappa shape index (κ2) is 5.74. The number of thiophene rings is 1. The van der Waals surface area contributed by atoms with Crippen molar-refractivity contribution in [2.45, 2.75) is 18.1 Å². The Morgan fingerprint density at radius 3 is 2.38 bits per heavy atom. The van der Waals surface area contributed by atoms with Gasteiger partial charge >= 0.3 is 0 Å². The maximum Gasteiger partial charge on any atom is 0.293 e. The molecule has 2 aromatic rings. The van der Waals surface area contributed by atoms with Gasteiger partial charge in [-0.1, -0.05) is 0 Å². The molecule has 1 aromatic heterocycles. The number of hydrogen-bond acceptors (Lipinski definition) is 5. The highest BCUT2D eigenvalue weighted by molar-refractivity contribution is 9.11. The molecule has 112 valence electrons. The number of anilines is 1. The van der Waals surface area contributed by atoms with Crippen LogP contribution >= 0.6 is 27.3 Å². The third-order valence-corrected chi connectivity index (χ3v) is 6.35. The first-order chi connectivity index (χ1) is 9.70. The first-order valence-electron chi connectivity index (χ1n) is 5.74. The molecule has 9 heteroatoms. The summed E-state index contributed by atoms with van der Waals surface area (Å²) in [5.74, 6) is 0. The van der Waals surface area contributed by atoms with Crippen molar-refractivity contribution in [1.82, 2.24) is 0 Å². The summed E-state index contributed by atoms with van der Waals surface area (Å²) in [7, 11) is -3.84. The summed E-state index contributed by atoms with van der Waals surface area (Å²) in [5.41, 5.74) is 1.19. The molecule has 0 aliphatic heterocycles. The second-order valence-corrected chi connectivity index (χ2v) is 8.75. The van der Waals surface area contributed by atoms with Gasteiger partial charge < -0.3 is 0 Å². The average Bonchev–Trinajstić information content (AvgIpc) is 2.80. The van der Waals surface area contributed by atoms with Crippen molar-refractivity contribution in [2.75, 3.05) is 4.72 Å². The molecule has 0 saturated carbocycles. The van der Waals surface area contributed by atoms with E-state index in [1.54, 1.807) is 19.9 Å². The number of hydrogen-bond donors (Lipinski definition) is 1. The van der Waals surface area contributed by atoms with Gasteiger partial charge in [0.2, 0.25) is 0 Å². The molecule has 0 bridgehead atoms. The van der Waals surface area contributed by atoms with Crippen LogP contribution < -0.4 is 4.72 Å². The molecule has 1 aromatic carbocycles. The Morgan fingerprint density at radius 1 is 1.24 bits per heavy atom. The molecule has 0 aliphatic rings. The van der Waals surface area contributed by atoms with E-state index in [4.69, 9.17) is 0 Å². The van der Waals surface area contributed by atoms with Gasteiger partial charge in [-0.05, 0) is 59.1 Å². The van der Waals surface area contributed by atoms with E-state index >= 15 is 0 Å². The van der Waals surface area contributed by atoms with Crippen LogP contribution in [0.3, 0.4) is 0 Å². The Kier molecular flexibility index (Phi) is 4.35. The molecule has 6 nitrogen and oxygen atoms in total. The minimum atomic E-state index is -3.84. The quantitative estimate of drug-likeness (QED) is 0.634. The van der Waals surface area contributed by atoms with E-state index in [0.29, 0.717) is 3.79 Å². The summed E-state index contributed by atoms with van der Waals surface area (Å²) in [6, 6.07) is 5.86. The van der Waals surface area contributed by atoms with Crippen LogP contribution in [0.4, 0.5) is 11.4 Å². The van der Waals surface area contributed by atoms with E-state index in [2.05, 4.69) is 20.7 Å². The van der Waals surface area contributed by atoms with Crippen LogP contribution in [0, 0.1) is 24.0 Å². The number of nitrogens with one attached hydrogen (secondary N) is 1. The molecule has 1 N–H and O–H groups in total. The summed E-state index contributed by atoms with van der Waals surface area (Å²) >= 11 is 4.22. The molecule has 0 atom stereocenters. The molecule has 0 unspecified atom stereocenters. The average molecular weight is 391 g/mol. The SMILES string of the molecule is Cc1cc(NS(=O)(=O)c2ccc(Br)s2)c([N+](=O)[O-])cc1C. The molecule has 0 saturated heterocycles. The Hall–Kier alpha value is -1.45. The van der Waals surface area contributed by atoms with Crippen molar-refractivity contribution in [1.29, 1.82) is 0 Å². The van der Waals surface area contributed by atoms with Crippen molar-refractivity contribution in [3.8, 4) is 0 Å². The van der Waals surface area contributed by atoms with Gasteiger partial charge in [-0.25, -0.2) is 8.42 Å². The third kappa shape index (κ3) is 3.42. The van der Waals surface area contributed by atoms with Crippen molar-refractivity contribution < 1.29 is 13.3 Å². The zero-order chi connectivity index (χ0) is 15.8. The summed E-state index contributed by atoms with van der Waals surface area (Å²) in [5, 5.41) is 11.1. The Labute approximate surface area is 134 Å². The van der Waals surface area contributed by atoms with E-state index < -0.39 is 14.9 Å². The van der Waals surface area contributed by atoms with Crippen LogP contribution in [0.15, 0.2) is 32.3 Å². The molecule has 0 amide bonds. The topological polar surface area (TPSA) is 89.3 Å². The fraction of sp³-hybridized carbons (Fsp3) is 0.167. The van der Waals surface area contributed by atoms with Gasteiger partial charge in [-0.3, -0.25) is 14.8 Å². The van der Waals surface area contributed by atoms with Crippen molar-refractivity contribution in [3.05, 3.63) is 49.3 Å². The number of nitro groups is 1. The fourth-order valence-corrected chi connectivity index (χ4v) is 4.75. The number of nitrogens with zero attached hydrogens (tertiary/aromatic N) is 1. The van der Waals surface area contributed by atoms with Gasteiger partial charge in [0, 0.05) is 6.07 Å². The summed E-state index contributed by atoms with van der Waals surface area (Å²) in [6.45, 7) is 3.50. The van der Waals surface area contributed by atoms with E-state index in [0.717, 1.165) is 22.5 Å². The molecular formula is C12H11BrN2O4S2. The monoisotopic (exact) mass is 390 g/mol. The predicted octanol–water partition coefficient (Wildman–Crippen LogP) is 3.84. The molecular weight excluding hydrogens is 380 g/mol. The Balaban J connectivity index is 2.48. The number of nitro benzene ring substituents is 1. The summed E-state index contributed by atoms with van der Waals surface area (Å²) in [6.07, 6.45) is 0. The maximum atomic E-state index is 12.2.